The second-order valence-electron chi connectivity index (χ2n) is 5.60. The number of sulfone groups is 1. The van der Waals surface area contributed by atoms with Crippen molar-refractivity contribution in [2.24, 2.45) is 0 Å². The van der Waals surface area contributed by atoms with Gasteiger partial charge in [-0.3, -0.25) is 0 Å². The fraction of sp³-hybridized carbons (Fsp3) is 0.250. The van der Waals surface area contributed by atoms with Crippen LogP contribution < -0.4 is 10.5 Å². The van der Waals surface area contributed by atoms with E-state index in [2.05, 4.69) is 4.72 Å². The third-order valence-corrected chi connectivity index (χ3v) is 5.68. The number of sulfonamides is 1. The van der Waals surface area contributed by atoms with Crippen LogP contribution in [-0.2, 0) is 32.0 Å². The molecular formula is C16H21ClN2O4S2. The maximum atomic E-state index is 12.2. The highest BCUT2D eigenvalue weighted by molar-refractivity contribution is 7.90. The lowest BCUT2D eigenvalue weighted by molar-refractivity contribution is 0.581. The summed E-state index contributed by atoms with van der Waals surface area (Å²) in [4.78, 5) is 0.108. The van der Waals surface area contributed by atoms with E-state index in [-0.39, 0.29) is 29.6 Å². The largest absolute Gasteiger partial charge is 0.399 e. The van der Waals surface area contributed by atoms with E-state index < -0.39 is 19.9 Å². The lowest BCUT2D eigenvalue weighted by Crippen LogP contribution is -2.26. The zero-order valence-corrected chi connectivity index (χ0v) is 16.1. The summed E-state index contributed by atoms with van der Waals surface area (Å²) >= 11 is 0. The molecule has 0 aromatic heterocycles. The zero-order chi connectivity index (χ0) is 17.8. The van der Waals surface area contributed by atoms with E-state index in [1.54, 1.807) is 12.1 Å². The molecule has 6 nitrogen and oxygen atoms in total. The van der Waals surface area contributed by atoms with Gasteiger partial charge in [0.15, 0.2) is 9.84 Å². The van der Waals surface area contributed by atoms with Gasteiger partial charge in [-0.25, -0.2) is 21.6 Å². The van der Waals surface area contributed by atoms with Crippen LogP contribution in [0.2, 0.25) is 0 Å². The van der Waals surface area contributed by atoms with E-state index in [1.165, 1.54) is 24.3 Å². The van der Waals surface area contributed by atoms with Crippen LogP contribution >= 0.6 is 12.4 Å². The minimum atomic E-state index is -3.62. The second-order valence-corrected chi connectivity index (χ2v) is 9.51. The lowest BCUT2D eigenvalue weighted by Gasteiger charge is -2.08. The van der Waals surface area contributed by atoms with Crippen molar-refractivity contribution in [2.75, 3.05) is 18.5 Å². The van der Waals surface area contributed by atoms with Crippen LogP contribution in [-0.4, -0.2) is 29.6 Å². The molecule has 0 aliphatic heterocycles. The van der Waals surface area contributed by atoms with Crippen LogP contribution in [0.5, 0.6) is 0 Å². The Kier molecular flexibility index (Phi) is 7.43. The van der Waals surface area contributed by atoms with Crippen molar-refractivity contribution in [1.29, 1.82) is 0 Å². The highest BCUT2D eigenvalue weighted by atomic mass is 35.5. The first-order valence-corrected chi connectivity index (χ1v) is 10.8. The van der Waals surface area contributed by atoms with Gasteiger partial charge in [0.1, 0.15) is 0 Å². The van der Waals surface area contributed by atoms with Gasteiger partial charge in [-0.15, -0.1) is 12.4 Å². The topological polar surface area (TPSA) is 106 Å². The average molecular weight is 405 g/mol. The Balaban J connectivity index is 0.00000312. The molecule has 2 aromatic rings. The lowest BCUT2D eigenvalue weighted by atomic mass is 10.1. The molecule has 3 N–H and O–H groups in total. The summed E-state index contributed by atoms with van der Waals surface area (Å²) < 4.78 is 49.5. The summed E-state index contributed by atoms with van der Waals surface area (Å²) in [5, 5.41) is 0. The molecule has 0 spiro atoms. The Labute approximate surface area is 154 Å². The van der Waals surface area contributed by atoms with E-state index >= 15 is 0 Å². The molecule has 2 rings (SSSR count). The van der Waals surface area contributed by atoms with Crippen molar-refractivity contribution in [2.45, 2.75) is 17.1 Å². The number of benzene rings is 2. The van der Waals surface area contributed by atoms with Gasteiger partial charge in [0.2, 0.25) is 10.0 Å². The smallest absolute Gasteiger partial charge is 0.240 e. The molecule has 0 radical (unpaired) electrons. The molecule has 25 heavy (non-hydrogen) atoms. The normalized spacial score (nSPS) is 11.7. The molecule has 0 atom stereocenters. The van der Waals surface area contributed by atoms with Crippen molar-refractivity contribution in [3.63, 3.8) is 0 Å². The molecule has 138 valence electrons. The third-order valence-electron chi connectivity index (χ3n) is 3.35. The minimum absolute atomic E-state index is 0. The Morgan fingerprint density at radius 2 is 1.40 bits per heavy atom. The fourth-order valence-electron chi connectivity index (χ4n) is 2.16. The molecule has 0 aliphatic carbocycles. The number of hydrogen-bond acceptors (Lipinski definition) is 5. The van der Waals surface area contributed by atoms with Crippen LogP contribution in [0.3, 0.4) is 0 Å². The van der Waals surface area contributed by atoms with Crippen LogP contribution in [0.4, 0.5) is 5.69 Å². The number of rotatable bonds is 7. The second kappa shape index (κ2) is 8.66. The van der Waals surface area contributed by atoms with Crippen LogP contribution in [0, 0.1) is 0 Å². The van der Waals surface area contributed by atoms with Crippen LogP contribution in [0.1, 0.15) is 11.1 Å². The maximum absolute atomic E-state index is 12.2. The Hall–Kier alpha value is -1.61. The molecule has 2 aromatic carbocycles. The number of nitrogens with two attached hydrogens (primary N) is 1. The molecule has 0 fully saturated rings. The number of hydrogen-bond donors (Lipinski definition) is 2. The van der Waals surface area contributed by atoms with Crippen LogP contribution in [0.25, 0.3) is 0 Å². The molecular weight excluding hydrogens is 384 g/mol. The van der Waals surface area contributed by atoms with Crippen molar-refractivity contribution >= 4 is 38.0 Å². The van der Waals surface area contributed by atoms with Gasteiger partial charge in [-0.1, -0.05) is 24.3 Å². The highest BCUT2D eigenvalue weighted by Gasteiger charge is 2.14. The predicted molar refractivity (Wildman–Crippen MR) is 102 cm³/mol. The number of nitrogens with one attached hydrogen (secondary N) is 1. The third kappa shape index (κ3) is 7.03. The fourth-order valence-corrected chi connectivity index (χ4v) is 3.99. The van der Waals surface area contributed by atoms with E-state index in [0.717, 1.165) is 11.8 Å². The Morgan fingerprint density at radius 3 is 1.92 bits per heavy atom. The van der Waals surface area contributed by atoms with Gasteiger partial charge >= 0.3 is 0 Å². The van der Waals surface area contributed by atoms with Gasteiger partial charge in [-0.2, -0.15) is 0 Å². The zero-order valence-electron chi connectivity index (χ0n) is 13.7. The first-order chi connectivity index (χ1) is 11.2. The standard InChI is InChI=1S/C16H20N2O4S2.ClH/c1-23(19,20)12-14-4-8-16(9-5-14)24(21,22)18-11-10-13-2-6-15(17)7-3-13;/h2-9,18H,10-12,17H2,1H3;1H. The van der Waals surface area contributed by atoms with Gasteiger partial charge in [0.25, 0.3) is 0 Å². The van der Waals surface area contributed by atoms with E-state index in [1.807, 2.05) is 12.1 Å². The number of nitrogen functional groups attached to an aromatic ring is 1. The predicted octanol–water partition coefficient (Wildman–Crippen LogP) is 1.76. The van der Waals surface area contributed by atoms with E-state index in [9.17, 15) is 16.8 Å². The number of anilines is 1. The van der Waals surface area contributed by atoms with Crippen LogP contribution in [0.15, 0.2) is 53.4 Å². The summed E-state index contributed by atoms with van der Waals surface area (Å²) in [6.45, 7) is 0.261. The van der Waals surface area contributed by atoms with E-state index in [4.69, 9.17) is 5.73 Å². The molecule has 0 amide bonds. The average Bonchev–Trinajstić information content (AvgIpc) is 2.48. The molecule has 0 saturated heterocycles. The van der Waals surface area contributed by atoms with Gasteiger partial charge in [0, 0.05) is 18.5 Å². The molecule has 9 heteroatoms. The van der Waals surface area contributed by atoms with Crippen molar-refractivity contribution in [3.8, 4) is 0 Å². The molecule has 0 heterocycles. The van der Waals surface area contributed by atoms with Crippen molar-refractivity contribution in [1.82, 2.24) is 4.72 Å². The SMILES string of the molecule is CS(=O)(=O)Cc1ccc(S(=O)(=O)NCCc2ccc(N)cc2)cc1.Cl. The first-order valence-electron chi connectivity index (χ1n) is 7.26. The molecule has 0 aliphatic rings. The Morgan fingerprint density at radius 1 is 0.880 bits per heavy atom. The van der Waals surface area contributed by atoms with E-state index in [0.29, 0.717) is 17.7 Å². The van der Waals surface area contributed by atoms with Crippen molar-refractivity contribution < 1.29 is 16.8 Å². The monoisotopic (exact) mass is 404 g/mol. The molecule has 0 unspecified atom stereocenters. The highest BCUT2D eigenvalue weighted by Crippen LogP contribution is 2.13. The minimum Gasteiger partial charge on any atom is -0.399 e. The summed E-state index contributed by atoms with van der Waals surface area (Å²) in [5.41, 5.74) is 7.80. The summed E-state index contributed by atoms with van der Waals surface area (Å²) in [5.74, 6) is -0.113. The Bertz CT molecular complexity index is 894. The summed E-state index contributed by atoms with van der Waals surface area (Å²) in [7, 11) is -6.77. The summed E-state index contributed by atoms with van der Waals surface area (Å²) in [6.07, 6.45) is 1.68. The van der Waals surface area contributed by atoms with Crippen molar-refractivity contribution in [3.05, 3.63) is 59.7 Å². The van der Waals surface area contributed by atoms with Gasteiger partial charge < -0.3 is 5.73 Å². The van der Waals surface area contributed by atoms with Gasteiger partial charge in [0.05, 0.1) is 10.6 Å². The first kappa shape index (κ1) is 21.4. The molecule has 0 bridgehead atoms. The molecule has 0 saturated carbocycles. The number of halogens is 1. The maximum Gasteiger partial charge on any atom is 0.240 e. The quantitative estimate of drug-likeness (QED) is 0.684. The summed E-state index contributed by atoms with van der Waals surface area (Å²) in [6, 6.07) is 13.1. The van der Waals surface area contributed by atoms with Gasteiger partial charge in [-0.05, 0) is 41.8 Å².